The molecule has 5 nitrogen and oxygen atoms in total. The standard InChI is InChI=1S/C32H48O5Si/c1-7-8-23-32(24-15-10-13-20-28(30(34)35)37-38(5,6)31(2,3)4)26(21-22-29(32)33)17-14-16-25-36-27-18-11-9-12-19-27/h9-12,18-21,28H,7-8,14-17,22-25H2,1-6H3,(H,34,35)/t13?,28?,32-/m1/s1. The fourth-order valence-electron chi connectivity index (χ4n) is 4.66. The van der Waals surface area contributed by atoms with Crippen LogP contribution in [0.15, 0.2) is 59.9 Å². The molecular formula is C32H48O5Si. The van der Waals surface area contributed by atoms with E-state index in [1.165, 1.54) is 11.6 Å². The molecule has 0 radical (unpaired) electrons. The van der Waals surface area contributed by atoms with E-state index in [1.807, 2.05) is 49.5 Å². The van der Waals surface area contributed by atoms with E-state index in [2.05, 4.69) is 39.5 Å². The number of ether oxygens (including phenoxy) is 1. The summed E-state index contributed by atoms with van der Waals surface area (Å²) in [5, 5.41) is 9.60. The number of unbranched alkanes of at least 4 members (excludes halogenated alkanes) is 2. The molecule has 0 saturated carbocycles. The van der Waals surface area contributed by atoms with Crippen LogP contribution in [0.5, 0.6) is 5.75 Å². The molecule has 1 aliphatic carbocycles. The molecule has 1 aromatic carbocycles. The third-order valence-electron chi connectivity index (χ3n) is 8.04. The van der Waals surface area contributed by atoms with Crippen molar-refractivity contribution in [3.63, 3.8) is 0 Å². The van der Waals surface area contributed by atoms with Crippen LogP contribution in [-0.2, 0) is 14.0 Å². The largest absolute Gasteiger partial charge is 0.494 e. The molecule has 0 heterocycles. The summed E-state index contributed by atoms with van der Waals surface area (Å²) in [6, 6.07) is 9.85. The first-order valence-electron chi connectivity index (χ1n) is 14.2. The van der Waals surface area contributed by atoms with E-state index in [0.717, 1.165) is 50.7 Å². The van der Waals surface area contributed by atoms with Gasteiger partial charge in [-0.3, -0.25) is 4.79 Å². The molecule has 0 aromatic heterocycles. The molecule has 1 aliphatic rings. The smallest absolute Gasteiger partial charge is 0.336 e. The van der Waals surface area contributed by atoms with Gasteiger partial charge in [-0.15, -0.1) is 5.73 Å². The number of carboxylic acid groups (broad SMARTS) is 1. The van der Waals surface area contributed by atoms with Crippen LogP contribution in [0.4, 0.5) is 0 Å². The molecule has 2 rings (SSSR count). The maximum absolute atomic E-state index is 13.2. The third kappa shape index (κ3) is 9.11. The Balaban J connectivity index is 2.00. The zero-order chi connectivity index (χ0) is 28.2. The molecule has 38 heavy (non-hydrogen) atoms. The highest BCUT2D eigenvalue weighted by Gasteiger charge is 2.43. The summed E-state index contributed by atoms with van der Waals surface area (Å²) < 4.78 is 11.9. The predicted molar refractivity (Wildman–Crippen MR) is 157 cm³/mol. The van der Waals surface area contributed by atoms with Gasteiger partial charge in [0.15, 0.2) is 14.4 Å². The van der Waals surface area contributed by atoms with Crippen LogP contribution in [-0.4, -0.2) is 37.9 Å². The number of carboxylic acids is 1. The molecule has 0 spiro atoms. The van der Waals surface area contributed by atoms with Crippen molar-refractivity contribution in [1.82, 2.24) is 0 Å². The lowest BCUT2D eigenvalue weighted by Crippen LogP contribution is -2.45. The van der Waals surface area contributed by atoms with Gasteiger partial charge in [-0.25, -0.2) is 4.79 Å². The van der Waals surface area contributed by atoms with Crippen LogP contribution < -0.4 is 4.74 Å². The SMILES string of the molecule is CCCC[C@]1(CCC=C=CC(O[Si](C)(C)C(C)(C)C)C(=O)O)C(=O)CC=C1CCCCOc1ccccc1. The minimum absolute atomic E-state index is 0.0802. The van der Waals surface area contributed by atoms with E-state index in [1.54, 1.807) is 0 Å². The first-order chi connectivity index (χ1) is 17.9. The van der Waals surface area contributed by atoms with Crippen molar-refractivity contribution in [3.05, 3.63) is 59.9 Å². The van der Waals surface area contributed by atoms with Crippen LogP contribution in [0.1, 0.15) is 85.5 Å². The van der Waals surface area contributed by atoms with Gasteiger partial charge in [0.2, 0.25) is 0 Å². The van der Waals surface area contributed by atoms with Gasteiger partial charge in [0.1, 0.15) is 11.5 Å². The van der Waals surface area contributed by atoms with Crippen molar-refractivity contribution in [2.75, 3.05) is 6.61 Å². The molecule has 0 bridgehead atoms. The van der Waals surface area contributed by atoms with Crippen molar-refractivity contribution in [2.24, 2.45) is 5.41 Å². The van der Waals surface area contributed by atoms with Crippen molar-refractivity contribution < 1.29 is 23.9 Å². The fraction of sp³-hybridized carbons (Fsp3) is 0.594. The first kappa shape index (κ1) is 31.8. The number of rotatable bonds is 16. The Morgan fingerprint density at radius 3 is 2.50 bits per heavy atom. The molecule has 1 aromatic rings. The number of hydrogen-bond acceptors (Lipinski definition) is 4. The van der Waals surface area contributed by atoms with Gasteiger partial charge in [-0.1, -0.05) is 70.4 Å². The minimum atomic E-state index is -2.23. The summed E-state index contributed by atoms with van der Waals surface area (Å²) in [6.45, 7) is 13.2. The third-order valence-corrected chi connectivity index (χ3v) is 12.5. The van der Waals surface area contributed by atoms with Crippen molar-refractivity contribution >= 4 is 20.1 Å². The number of Topliss-reactive ketones (excluding diaryl/α,β-unsaturated/α-hetero) is 1. The van der Waals surface area contributed by atoms with Gasteiger partial charge in [0, 0.05) is 6.42 Å². The summed E-state index contributed by atoms with van der Waals surface area (Å²) in [6.07, 6.45) is 12.2. The molecule has 2 atom stereocenters. The molecule has 0 saturated heterocycles. The number of carbonyl (C=O) groups is 2. The summed E-state index contributed by atoms with van der Waals surface area (Å²) >= 11 is 0. The summed E-state index contributed by atoms with van der Waals surface area (Å²) in [4.78, 5) is 25.0. The molecule has 0 aliphatic heterocycles. The lowest BCUT2D eigenvalue weighted by atomic mass is 9.71. The molecule has 6 heteroatoms. The zero-order valence-corrected chi connectivity index (χ0v) is 25.3. The second-order valence-corrected chi connectivity index (χ2v) is 16.6. The van der Waals surface area contributed by atoms with E-state index in [4.69, 9.17) is 9.16 Å². The van der Waals surface area contributed by atoms with Gasteiger partial charge in [-0.2, -0.15) is 0 Å². The monoisotopic (exact) mass is 540 g/mol. The molecular weight excluding hydrogens is 492 g/mol. The van der Waals surface area contributed by atoms with E-state index in [-0.39, 0.29) is 5.04 Å². The van der Waals surface area contributed by atoms with Crippen LogP contribution in [0.25, 0.3) is 0 Å². The number of ketones is 1. The quantitative estimate of drug-likeness (QED) is 0.0988. The minimum Gasteiger partial charge on any atom is -0.494 e. The fourth-order valence-corrected chi connectivity index (χ4v) is 5.82. The molecule has 0 amide bonds. The first-order valence-corrected chi connectivity index (χ1v) is 17.1. The van der Waals surface area contributed by atoms with E-state index in [9.17, 15) is 14.7 Å². The highest BCUT2D eigenvalue weighted by molar-refractivity contribution is 6.74. The molecule has 210 valence electrons. The molecule has 1 N–H and O–H groups in total. The Labute approximate surface area is 231 Å². The second kappa shape index (κ2) is 14.7. The van der Waals surface area contributed by atoms with Crippen molar-refractivity contribution in [1.29, 1.82) is 0 Å². The van der Waals surface area contributed by atoms with Gasteiger partial charge < -0.3 is 14.3 Å². The van der Waals surface area contributed by atoms with E-state index >= 15 is 0 Å². The Morgan fingerprint density at radius 1 is 1.16 bits per heavy atom. The summed E-state index contributed by atoms with van der Waals surface area (Å²) in [7, 11) is -2.23. The number of allylic oxidation sites excluding steroid dienone is 2. The van der Waals surface area contributed by atoms with Crippen LogP contribution in [0, 0.1) is 5.41 Å². The lowest BCUT2D eigenvalue weighted by molar-refractivity contribution is -0.143. The zero-order valence-electron chi connectivity index (χ0n) is 24.3. The maximum Gasteiger partial charge on any atom is 0.336 e. The molecule has 0 fully saturated rings. The van der Waals surface area contributed by atoms with E-state index in [0.29, 0.717) is 25.2 Å². The lowest BCUT2D eigenvalue weighted by Gasteiger charge is -2.37. The van der Waals surface area contributed by atoms with Crippen molar-refractivity contribution in [3.8, 4) is 5.75 Å². The van der Waals surface area contributed by atoms with Crippen LogP contribution in [0.3, 0.4) is 0 Å². The predicted octanol–water partition coefficient (Wildman–Crippen LogP) is 8.28. The molecule has 1 unspecified atom stereocenters. The number of benzene rings is 1. The van der Waals surface area contributed by atoms with Crippen LogP contribution >= 0.6 is 0 Å². The highest BCUT2D eigenvalue weighted by atomic mass is 28.4. The van der Waals surface area contributed by atoms with Crippen molar-refractivity contribution in [2.45, 2.75) is 110 Å². The highest BCUT2D eigenvalue weighted by Crippen LogP contribution is 2.46. The Hall–Kier alpha value is -2.40. The number of carbonyl (C=O) groups excluding carboxylic acids is 1. The van der Waals surface area contributed by atoms with E-state index < -0.39 is 25.8 Å². The second-order valence-electron chi connectivity index (χ2n) is 11.9. The summed E-state index contributed by atoms with van der Waals surface area (Å²) in [5.74, 6) is 0.214. The maximum atomic E-state index is 13.2. The average molecular weight is 541 g/mol. The Bertz CT molecular complexity index is 998. The Kier molecular flexibility index (Phi) is 12.3. The topological polar surface area (TPSA) is 72.8 Å². The van der Waals surface area contributed by atoms with Gasteiger partial charge in [-0.05, 0) is 80.9 Å². The number of hydrogen-bond donors (Lipinski definition) is 1. The van der Waals surface area contributed by atoms with Gasteiger partial charge in [0.25, 0.3) is 0 Å². The summed E-state index contributed by atoms with van der Waals surface area (Å²) in [5.41, 5.74) is 3.93. The van der Waals surface area contributed by atoms with Gasteiger partial charge >= 0.3 is 5.97 Å². The van der Waals surface area contributed by atoms with Gasteiger partial charge in [0.05, 0.1) is 12.0 Å². The number of para-hydroxylation sites is 1. The number of aliphatic carboxylic acids is 1. The normalized spacial score (nSPS) is 18.5. The van der Waals surface area contributed by atoms with Crippen LogP contribution in [0.2, 0.25) is 18.1 Å². The average Bonchev–Trinajstić information content (AvgIpc) is 3.16. The Morgan fingerprint density at radius 2 is 1.87 bits per heavy atom.